The zero-order valence-corrected chi connectivity index (χ0v) is 24.1. The molecule has 1 heterocycles. The third kappa shape index (κ3) is 6.14. The fourth-order valence-corrected chi connectivity index (χ4v) is 7.84. The monoisotopic (exact) mass is 564 g/mol. The smallest absolute Gasteiger partial charge is 0.311 e. The Morgan fingerprint density at radius 3 is 2.47 bits per heavy atom. The molecule has 1 saturated carbocycles. The number of nitrogens with zero attached hydrogens (tertiary/aromatic N) is 1. The lowest BCUT2D eigenvalue weighted by Crippen LogP contribution is -2.50. The molecule has 0 spiro atoms. The van der Waals surface area contributed by atoms with Crippen molar-refractivity contribution in [2.45, 2.75) is 56.7 Å². The van der Waals surface area contributed by atoms with Gasteiger partial charge in [0.25, 0.3) is 0 Å². The van der Waals surface area contributed by atoms with Crippen LogP contribution in [0.4, 0.5) is 5.69 Å². The van der Waals surface area contributed by atoms with Crippen molar-refractivity contribution in [1.82, 2.24) is 4.90 Å². The summed E-state index contributed by atoms with van der Waals surface area (Å²) in [4.78, 5) is 28.3. The van der Waals surface area contributed by atoms with E-state index in [0.717, 1.165) is 18.1 Å². The van der Waals surface area contributed by atoms with Gasteiger partial charge >= 0.3 is 5.97 Å². The van der Waals surface area contributed by atoms with Gasteiger partial charge in [-0.1, -0.05) is 39.0 Å². The van der Waals surface area contributed by atoms with Gasteiger partial charge in [0.15, 0.2) is 9.84 Å². The van der Waals surface area contributed by atoms with Crippen LogP contribution in [0.1, 0.15) is 45.6 Å². The Labute approximate surface area is 225 Å². The Balaban J connectivity index is 1.61. The van der Waals surface area contributed by atoms with Gasteiger partial charge in [-0.2, -0.15) is 0 Å². The maximum absolute atomic E-state index is 13.8. The Morgan fingerprint density at radius 1 is 1.16 bits per heavy atom. The highest BCUT2D eigenvalue weighted by Crippen LogP contribution is 2.47. The number of rotatable bonds is 8. The van der Waals surface area contributed by atoms with E-state index in [2.05, 4.69) is 32.2 Å². The number of allylic oxidation sites excluding steroid dienone is 1. The lowest BCUT2D eigenvalue weighted by molar-refractivity contribution is -0.150. The number of methoxy groups -OCH3 is 1. The topological polar surface area (TPSA) is 127 Å². The molecule has 2 bridgehead atoms. The van der Waals surface area contributed by atoms with Crippen molar-refractivity contribution >= 4 is 37.2 Å². The fourth-order valence-electron chi connectivity index (χ4n) is 5.67. The van der Waals surface area contributed by atoms with Crippen LogP contribution < -0.4 is 5.32 Å². The zero-order chi connectivity index (χ0) is 28.0. The number of nitrogens with one attached hydrogen (secondary N) is 1. The van der Waals surface area contributed by atoms with Gasteiger partial charge in [0, 0.05) is 18.5 Å². The number of fused-ring (bicyclic) bond motifs is 3. The van der Waals surface area contributed by atoms with Gasteiger partial charge in [-0.3, -0.25) is 9.59 Å². The minimum absolute atomic E-state index is 0.0165. The molecule has 9 nitrogen and oxygen atoms in total. The number of benzene rings is 1. The maximum atomic E-state index is 13.8. The summed E-state index contributed by atoms with van der Waals surface area (Å²) in [5.41, 5.74) is 0.841. The number of anilines is 1. The van der Waals surface area contributed by atoms with Crippen molar-refractivity contribution in [3.05, 3.63) is 47.0 Å². The number of sulfone groups is 2. The van der Waals surface area contributed by atoms with Crippen LogP contribution >= 0.6 is 0 Å². The maximum Gasteiger partial charge on any atom is 0.311 e. The van der Waals surface area contributed by atoms with E-state index in [1.54, 1.807) is 11.0 Å². The van der Waals surface area contributed by atoms with E-state index in [1.165, 1.54) is 19.2 Å². The Hall–Kier alpha value is -2.66. The molecule has 4 rings (SSSR count). The largest absolute Gasteiger partial charge is 0.469 e. The SMILES string of the molecule is COC(=O)C1C2C=CC(C2)C1N(CCC(C)(C)C)C(=O)CC1=CS(=O)(=O)c2cc(CS(C)(=O)=O)ccc2N1. The van der Waals surface area contributed by atoms with Gasteiger partial charge in [-0.05, 0) is 47.8 Å². The van der Waals surface area contributed by atoms with Crippen molar-refractivity contribution in [2.75, 3.05) is 25.2 Å². The van der Waals surface area contributed by atoms with Crippen LogP contribution in [0.5, 0.6) is 0 Å². The Morgan fingerprint density at radius 2 is 1.84 bits per heavy atom. The van der Waals surface area contributed by atoms with Gasteiger partial charge in [0.2, 0.25) is 15.7 Å². The van der Waals surface area contributed by atoms with E-state index < -0.39 is 25.6 Å². The van der Waals surface area contributed by atoms with E-state index in [0.29, 0.717) is 24.2 Å². The summed E-state index contributed by atoms with van der Waals surface area (Å²) in [6, 6.07) is 4.09. The number of carbonyl (C=O) groups is 2. The van der Waals surface area contributed by atoms with Crippen LogP contribution in [0.3, 0.4) is 0 Å². The highest BCUT2D eigenvalue weighted by Gasteiger charge is 2.52. The molecule has 0 aromatic heterocycles. The standard InChI is InChI=1S/C27H36N2O7S2/c1-27(2,3)10-11-29(25-19-8-7-18(13-19)24(25)26(31)36-4)23(30)14-20-16-38(34,35)22-12-17(15-37(5,32)33)6-9-21(22)28-20/h6-9,12,16,18-19,24-25,28H,10-11,13-15H2,1-5H3. The van der Waals surface area contributed by atoms with Crippen molar-refractivity contribution in [1.29, 1.82) is 0 Å². The molecule has 208 valence electrons. The van der Waals surface area contributed by atoms with Crippen LogP contribution in [-0.4, -0.2) is 59.6 Å². The summed E-state index contributed by atoms with van der Waals surface area (Å²) in [6.45, 7) is 6.69. The summed E-state index contributed by atoms with van der Waals surface area (Å²) in [5, 5.41) is 4.09. The van der Waals surface area contributed by atoms with E-state index in [9.17, 15) is 26.4 Å². The number of hydrogen-bond donors (Lipinski definition) is 1. The van der Waals surface area contributed by atoms with Crippen molar-refractivity contribution in [3.8, 4) is 0 Å². The van der Waals surface area contributed by atoms with Crippen LogP contribution in [0.2, 0.25) is 0 Å². The summed E-state index contributed by atoms with van der Waals surface area (Å²) in [7, 11) is -5.89. The molecule has 2 aliphatic carbocycles. The average Bonchev–Trinajstić information content (AvgIpc) is 3.39. The molecule has 38 heavy (non-hydrogen) atoms. The third-order valence-electron chi connectivity index (χ3n) is 7.39. The lowest BCUT2D eigenvalue weighted by Gasteiger charge is -2.38. The minimum Gasteiger partial charge on any atom is -0.469 e. The second-order valence-electron chi connectivity index (χ2n) is 11.8. The van der Waals surface area contributed by atoms with Crippen LogP contribution in [0.15, 0.2) is 46.4 Å². The number of carbonyl (C=O) groups excluding carboxylic acids is 2. The zero-order valence-electron chi connectivity index (χ0n) is 22.4. The van der Waals surface area contributed by atoms with Crippen LogP contribution in [0.25, 0.3) is 0 Å². The lowest BCUT2D eigenvalue weighted by atomic mass is 9.86. The molecule has 1 amide bonds. The van der Waals surface area contributed by atoms with Gasteiger partial charge < -0.3 is 15.0 Å². The molecular formula is C27H36N2O7S2. The molecule has 3 aliphatic rings. The van der Waals surface area contributed by atoms with E-state index >= 15 is 0 Å². The number of ether oxygens (including phenoxy) is 1. The first-order chi connectivity index (χ1) is 17.6. The highest BCUT2D eigenvalue weighted by molar-refractivity contribution is 7.94. The molecule has 1 aromatic carbocycles. The summed E-state index contributed by atoms with van der Waals surface area (Å²) in [6.07, 6.45) is 6.49. The highest BCUT2D eigenvalue weighted by atomic mass is 32.2. The molecule has 4 unspecified atom stereocenters. The average molecular weight is 565 g/mol. The quantitative estimate of drug-likeness (QED) is 0.377. The van der Waals surface area contributed by atoms with Gasteiger partial charge in [-0.15, -0.1) is 0 Å². The van der Waals surface area contributed by atoms with E-state index in [1.807, 2.05) is 6.08 Å². The summed E-state index contributed by atoms with van der Waals surface area (Å²) < 4.78 is 54.6. The predicted octanol–water partition coefficient (Wildman–Crippen LogP) is 3.29. The Bertz CT molecular complexity index is 1400. The van der Waals surface area contributed by atoms with Gasteiger partial charge in [-0.25, -0.2) is 16.8 Å². The summed E-state index contributed by atoms with van der Waals surface area (Å²) in [5.74, 6) is -1.27. The molecule has 1 aliphatic heterocycles. The van der Waals surface area contributed by atoms with Gasteiger partial charge in [0.1, 0.15) is 0 Å². The number of esters is 1. The fraction of sp³-hybridized carbons (Fsp3) is 0.556. The summed E-state index contributed by atoms with van der Waals surface area (Å²) >= 11 is 0. The van der Waals surface area contributed by atoms with E-state index in [-0.39, 0.29) is 57.9 Å². The second kappa shape index (κ2) is 10.1. The molecule has 1 fully saturated rings. The van der Waals surface area contributed by atoms with E-state index in [4.69, 9.17) is 4.74 Å². The van der Waals surface area contributed by atoms with Crippen molar-refractivity contribution in [3.63, 3.8) is 0 Å². The molecule has 1 N–H and O–H groups in total. The van der Waals surface area contributed by atoms with Crippen molar-refractivity contribution in [2.24, 2.45) is 23.2 Å². The molecule has 11 heteroatoms. The molecule has 1 aromatic rings. The minimum atomic E-state index is -3.91. The molecule has 0 radical (unpaired) electrons. The first-order valence-electron chi connectivity index (χ1n) is 12.7. The predicted molar refractivity (Wildman–Crippen MR) is 144 cm³/mol. The third-order valence-corrected chi connectivity index (χ3v) is 9.79. The number of hydrogen-bond acceptors (Lipinski definition) is 8. The molecular weight excluding hydrogens is 528 g/mol. The van der Waals surface area contributed by atoms with Crippen LogP contribution in [-0.2, 0) is 39.8 Å². The molecule has 0 saturated heterocycles. The Kier molecular flexibility index (Phi) is 7.57. The molecule has 4 atom stereocenters. The van der Waals surface area contributed by atoms with Gasteiger partial charge in [0.05, 0.1) is 47.2 Å². The van der Waals surface area contributed by atoms with Crippen LogP contribution in [0, 0.1) is 23.2 Å². The normalized spacial score (nSPS) is 25.3. The second-order valence-corrected chi connectivity index (χ2v) is 15.7. The van der Waals surface area contributed by atoms with Crippen molar-refractivity contribution < 1.29 is 31.2 Å². The number of amides is 1. The first kappa shape index (κ1) is 28.4. The first-order valence-corrected chi connectivity index (χ1v) is 16.3.